The monoisotopic (exact) mass is 270 g/mol. The molecule has 104 valence electrons. The summed E-state index contributed by atoms with van der Waals surface area (Å²) in [6, 6.07) is 6.36. The van der Waals surface area contributed by atoms with Crippen molar-refractivity contribution in [2.24, 2.45) is 0 Å². The Bertz CT molecular complexity index is 640. The molecule has 1 aromatic carbocycles. The van der Waals surface area contributed by atoms with E-state index in [9.17, 15) is 4.79 Å². The number of H-pyrrole nitrogens is 1. The van der Waals surface area contributed by atoms with Crippen LogP contribution in [0.4, 0.5) is 0 Å². The van der Waals surface area contributed by atoms with Gasteiger partial charge in [-0.2, -0.15) is 5.10 Å². The Morgan fingerprint density at radius 2 is 2.10 bits per heavy atom. The third kappa shape index (κ3) is 2.32. The van der Waals surface area contributed by atoms with Crippen LogP contribution in [0.2, 0.25) is 0 Å². The maximum Gasteiger partial charge on any atom is 0.255 e. The van der Waals surface area contributed by atoms with Gasteiger partial charge in [-0.25, -0.2) is 0 Å². The zero-order valence-electron chi connectivity index (χ0n) is 11.7. The quantitative estimate of drug-likeness (QED) is 0.792. The van der Waals surface area contributed by atoms with Gasteiger partial charge >= 0.3 is 0 Å². The average Bonchev–Trinajstić information content (AvgIpc) is 3.02. The lowest BCUT2D eigenvalue weighted by Gasteiger charge is -2.07. The Morgan fingerprint density at radius 1 is 1.30 bits per heavy atom. The normalized spacial score (nSPS) is 13.3. The number of nitrogens with one attached hydrogen (secondary N) is 3. The number of nitrogens with zero attached hydrogens (tertiary/aromatic N) is 1. The lowest BCUT2D eigenvalue weighted by Crippen LogP contribution is -2.24. The summed E-state index contributed by atoms with van der Waals surface area (Å²) in [5.41, 5.74) is 5.98. The van der Waals surface area contributed by atoms with Crippen LogP contribution in [0, 0.1) is 13.8 Å². The highest BCUT2D eigenvalue weighted by molar-refractivity contribution is 5.96. The molecule has 1 amide bonds. The number of carbonyl (C=O) groups is 1. The first-order valence-corrected chi connectivity index (χ1v) is 6.76. The molecule has 0 saturated carbocycles. The van der Waals surface area contributed by atoms with Crippen molar-refractivity contribution >= 4 is 5.91 Å². The Labute approximate surface area is 117 Å². The maximum absolute atomic E-state index is 12.2. The maximum atomic E-state index is 12.2. The molecular weight excluding hydrogens is 252 g/mol. The standard InChI is InChI=1S/C15H18N4O/c1-9-14(10(2)19-18-9)15(20)17-6-11-3-4-12-7-16-8-13(12)5-11/h3-5,16H,6-8H2,1-2H3,(H,17,20)(H,18,19). The summed E-state index contributed by atoms with van der Waals surface area (Å²) in [6.07, 6.45) is 0. The number of hydrogen-bond acceptors (Lipinski definition) is 3. The summed E-state index contributed by atoms with van der Waals surface area (Å²) in [6.45, 7) is 6.08. The van der Waals surface area contributed by atoms with Crippen molar-refractivity contribution in [3.63, 3.8) is 0 Å². The molecule has 1 aromatic heterocycles. The first-order chi connectivity index (χ1) is 9.65. The van der Waals surface area contributed by atoms with Crippen molar-refractivity contribution in [2.75, 3.05) is 0 Å². The van der Waals surface area contributed by atoms with Crippen LogP contribution in [0.1, 0.15) is 38.4 Å². The van der Waals surface area contributed by atoms with Crippen molar-refractivity contribution < 1.29 is 4.79 Å². The van der Waals surface area contributed by atoms with Crippen LogP contribution in [-0.4, -0.2) is 16.1 Å². The fourth-order valence-corrected chi connectivity index (χ4v) is 2.61. The molecule has 2 aromatic rings. The molecule has 3 N–H and O–H groups in total. The number of aryl methyl sites for hydroxylation is 2. The largest absolute Gasteiger partial charge is 0.348 e. The zero-order chi connectivity index (χ0) is 14.1. The summed E-state index contributed by atoms with van der Waals surface area (Å²) in [7, 11) is 0. The number of rotatable bonds is 3. The van der Waals surface area contributed by atoms with Gasteiger partial charge in [-0.1, -0.05) is 18.2 Å². The van der Waals surface area contributed by atoms with Crippen LogP contribution in [0.15, 0.2) is 18.2 Å². The van der Waals surface area contributed by atoms with Gasteiger partial charge in [0, 0.05) is 25.3 Å². The summed E-state index contributed by atoms with van der Waals surface area (Å²) in [5.74, 6) is -0.0765. The summed E-state index contributed by atoms with van der Waals surface area (Å²) in [4.78, 5) is 12.2. The predicted molar refractivity (Wildman–Crippen MR) is 76.2 cm³/mol. The Morgan fingerprint density at radius 3 is 2.85 bits per heavy atom. The molecule has 1 aliphatic rings. The molecule has 5 nitrogen and oxygen atoms in total. The van der Waals surface area contributed by atoms with E-state index in [0.717, 1.165) is 30.0 Å². The number of hydrogen-bond donors (Lipinski definition) is 3. The van der Waals surface area contributed by atoms with Crippen molar-refractivity contribution in [3.05, 3.63) is 51.8 Å². The van der Waals surface area contributed by atoms with Gasteiger partial charge in [-0.15, -0.1) is 0 Å². The second kappa shape index (κ2) is 5.09. The van der Waals surface area contributed by atoms with Gasteiger partial charge in [0.2, 0.25) is 0 Å². The molecule has 20 heavy (non-hydrogen) atoms. The number of amides is 1. The highest BCUT2D eigenvalue weighted by atomic mass is 16.1. The van der Waals surface area contributed by atoms with E-state index in [1.807, 2.05) is 13.8 Å². The van der Waals surface area contributed by atoms with Crippen LogP contribution in [0.25, 0.3) is 0 Å². The van der Waals surface area contributed by atoms with Crippen molar-refractivity contribution in [2.45, 2.75) is 33.5 Å². The van der Waals surface area contributed by atoms with Crippen LogP contribution in [0.3, 0.4) is 0 Å². The Hall–Kier alpha value is -2.14. The Balaban J connectivity index is 1.69. The fourth-order valence-electron chi connectivity index (χ4n) is 2.61. The molecule has 3 rings (SSSR count). The molecule has 1 aliphatic heterocycles. The number of benzene rings is 1. The van der Waals surface area contributed by atoms with E-state index in [4.69, 9.17) is 0 Å². The highest BCUT2D eigenvalue weighted by Gasteiger charge is 2.15. The fraction of sp³-hybridized carbons (Fsp3) is 0.333. The first-order valence-electron chi connectivity index (χ1n) is 6.76. The molecule has 5 heteroatoms. The Kier molecular flexibility index (Phi) is 3.28. The smallest absolute Gasteiger partial charge is 0.255 e. The number of aromatic amines is 1. The topological polar surface area (TPSA) is 69.8 Å². The van der Waals surface area contributed by atoms with Crippen molar-refractivity contribution in [3.8, 4) is 0 Å². The van der Waals surface area contributed by atoms with E-state index in [2.05, 4.69) is 39.0 Å². The third-order valence-electron chi connectivity index (χ3n) is 3.71. The third-order valence-corrected chi connectivity index (χ3v) is 3.71. The lowest BCUT2D eigenvalue weighted by atomic mass is 10.1. The van der Waals surface area contributed by atoms with E-state index in [1.165, 1.54) is 11.1 Å². The van der Waals surface area contributed by atoms with Gasteiger partial charge in [0.15, 0.2) is 0 Å². The van der Waals surface area contributed by atoms with Gasteiger partial charge in [0.25, 0.3) is 5.91 Å². The number of carbonyl (C=O) groups excluding carboxylic acids is 1. The number of fused-ring (bicyclic) bond motifs is 1. The second-order valence-electron chi connectivity index (χ2n) is 5.20. The molecule has 0 saturated heterocycles. The van der Waals surface area contributed by atoms with Gasteiger partial charge in [0.1, 0.15) is 0 Å². The molecule has 0 aliphatic carbocycles. The van der Waals surface area contributed by atoms with E-state index in [0.29, 0.717) is 12.1 Å². The van der Waals surface area contributed by atoms with Gasteiger partial charge < -0.3 is 10.6 Å². The average molecular weight is 270 g/mol. The van der Waals surface area contributed by atoms with Crippen LogP contribution in [0.5, 0.6) is 0 Å². The molecule has 0 fully saturated rings. The molecule has 2 heterocycles. The summed E-state index contributed by atoms with van der Waals surface area (Å²) < 4.78 is 0. The molecule has 0 radical (unpaired) electrons. The molecule has 0 atom stereocenters. The minimum Gasteiger partial charge on any atom is -0.348 e. The summed E-state index contributed by atoms with van der Waals surface area (Å²) in [5, 5.41) is 13.1. The first kappa shape index (κ1) is 12.9. The van der Waals surface area contributed by atoms with Crippen molar-refractivity contribution in [1.29, 1.82) is 0 Å². The second-order valence-corrected chi connectivity index (χ2v) is 5.20. The van der Waals surface area contributed by atoms with E-state index >= 15 is 0 Å². The number of aromatic nitrogens is 2. The summed E-state index contributed by atoms with van der Waals surface area (Å²) >= 11 is 0. The van der Waals surface area contributed by atoms with Gasteiger partial charge in [-0.05, 0) is 30.5 Å². The van der Waals surface area contributed by atoms with Crippen molar-refractivity contribution in [1.82, 2.24) is 20.8 Å². The van der Waals surface area contributed by atoms with Gasteiger partial charge in [-0.3, -0.25) is 9.89 Å². The predicted octanol–water partition coefficient (Wildman–Crippen LogP) is 1.56. The van der Waals surface area contributed by atoms with Crippen LogP contribution < -0.4 is 10.6 Å². The van der Waals surface area contributed by atoms with Gasteiger partial charge in [0.05, 0.1) is 11.3 Å². The van der Waals surface area contributed by atoms with E-state index in [1.54, 1.807) is 0 Å². The molecule has 0 unspecified atom stereocenters. The van der Waals surface area contributed by atoms with Crippen LogP contribution in [-0.2, 0) is 19.6 Å². The lowest BCUT2D eigenvalue weighted by molar-refractivity contribution is 0.0950. The minimum absolute atomic E-state index is 0.0765. The van der Waals surface area contributed by atoms with E-state index < -0.39 is 0 Å². The minimum atomic E-state index is -0.0765. The molecular formula is C15H18N4O. The molecule has 0 spiro atoms. The highest BCUT2D eigenvalue weighted by Crippen LogP contribution is 2.17. The zero-order valence-corrected chi connectivity index (χ0v) is 11.7. The molecule has 0 bridgehead atoms. The van der Waals surface area contributed by atoms with Crippen LogP contribution >= 0.6 is 0 Å². The van der Waals surface area contributed by atoms with E-state index in [-0.39, 0.29) is 5.91 Å². The SMILES string of the molecule is Cc1n[nH]c(C)c1C(=O)NCc1ccc2c(c1)CNC2.